The minimum absolute atomic E-state index is 0.150. The van der Waals surface area contributed by atoms with E-state index in [1.165, 1.54) is 22.8 Å². The normalized spacial score (nSPS) is 10.7. The minimum atomic E-state index is -0.150. The zero-order chi connectivity index (χ0) is 13.1. The van der Waals surface area contributed by atoms with E-state index < -0.39 is 0 Å². The van der Waals surface area contributed by atoms with E-state index in [4.69, 9.17) is 0 Å². The van der Waals surface area contributed by atoms with E-state index in [1.54, 1.807) is 6.92 Å². The lowest BCUT2D eigenvalue weighted by molar-refractivity contribution is 0.619. The molecule has 0 aliphatic carbocycles. The number of rotatable bonds is 3. The zero-order valence-electron chi connectivity index (χ0n) is 11.0. The average Bonchev–Trinajstić information content (AvgIpc) is 2.35. The predicted molar refractivity (Wildman–Crippen MR) is 74.1 cm³/mol. The molecule has 0 unspecified atom stereocenters. The van der Waals surface area contributed by atoms with Gasteiger partial charge >= 0.3 is 0 Å². The van der Waals surface area contributed by atoms with Crippen LogP contribution in [0.3, 0.4) is 0 Å². The van der Waals surface area contributed by atoms with Gasteiger partial charge in [0.25, 0.3) is 0 Å². The van der Waals surface area contributed by atoms with Gasteiger partial charge in [-0.3, -0.25) is 0 Å². The van der Waals surface area contributed by atoms with Crippen LogP contribution in [-0.2, 0) is 6.54 Å². The maximum atomic E-state index is 13.3. The molecule has 1 N–H and O–H groups in total. The Kier molecular flexibility index (Phi) is 3.78. The molecular weight excluding hydrogens is 225 g/mol. The van der Waals surface area contributed by atoms with Crippen molar-refractivity contribution in [2.45, 2.75) is 20.4 Å². The van der Waals surface area contributed by atoms with Crippen molar-refractivity contribution in [3.8, 4) is 11.1 Å². The Bertz CT molecular complexity index is 561. The smallest absolute Gasteiger partial charge is 0.126 e. The van der Waals surface area contributed by atoms with Crippen LogP contribution in [-0.4, -0.2) is 7.05 Å². The lowest BCUT2D eigenvalue weighted by Gasteiger charge is -2.10. The first kappa shape index (κ1) is 12.8. The third kappa shape index (κ3) is 2.59. The monoisotopic (exact) mass is 243 g/mol. The molecule has 0 saturated heterocycles. The number of hydrogen-bond donors (Lipinski definition) is 1. The number of nitrogens with one attached hydrogen (secondary N) is 1. The molecule has 2 aromatic rings. The van der Waals surface area contributed by atoms with E-state index >= 15 is 0 Å². The van der Waals surface area contributed by atoms with Crippen LogP contribution in [0.1, 0.15) is 16.7 Å². The standard InChI is InChI=1S/C16H18FN/c1-11-4-5-13(10-18-3)9-15(11)14-6-7-16(17)12(2)8-14/h4-9,18H,10H2,1-3H3. The zero-order valence-corrected chi connectivity index (χ0v) is 11.0. The molecule has 18 heavy (non-hydrogen) atoms. The van der Waals surface area contributed by atoms with Gasteiger partial charge in [-0.05, 0) is 66.9 Å². The molecule has 0 amide bonds. The van der Waals surface area contributed by atoms with Crippen LogP contribution in [0.15, 0.2) is 36.4 Å². The van der Waals surface area contributed by atoms with Gasteiger partial charge in [-0.15, -0.1) is 0 Å². The van der Waals surface area contributed by atoms with Crippen molar-refractivity contribution in [1.29, 1.82) is 0 Å². The first-order valence-electron chi connectivity index (χ1n) is 6.12. The molecule has 2 aromatic carbocycles. The molecule has 0 aliphatic rings. The lowest BCUT2D eigenvalue weighted by atomic mass is 9.97. The Morgan fingerprint density at radius 1 is 1.00 bits per heavy atom. The van der Waals surface area contributed by atoms with Crippen LogP contribution in [0.4, 0.5) is 4.39 Å². The van der Waals surface area contributed by atoms with E-state index in [2.05, 4.69) is 30.4 Å². The van der Waals surface area contributed by atoms with Crippen molar-refractivity contribution < 1.29 is 4.39 Å². The fourth-order valence-electron chi connectivity index (χ4n) is 2.11. The highest BCUT2D eigenvalue weighted by Gasteiger charge is 2.05. The van der Waals surface area contributed by atoms with E-state index in [0.717, 1.165) is 12.1 Å². The molecule has 0 saturated carbocycles. The summed E-state index contributed by atoms with van der Waals surface area (Å²) in [6, 6.07) is 11.7. The Morgan fingerprint density at radius 2 is 1.78 bits per heavy atom. The Balaban J connectivity index is 2.48. The van der Waals surface area contributed by atoms with Crippen molar-refractivity contribution in [2.24, 2.45) is 0 Å². The molecule has 0 radical (unpaired) electrons. The molecule has 0 atom stereocenters. The van der Waals surface area contributed by atoms with Crippen LogP contribution in [0.5, 0.6) is 0 Å². The van der Waals surface area contributed by atoms with Crippen molar-refractivity contribution >= 4 is 0 Å². The van der Waals surface area contributed by atoms with Gasteiger partial charge in [-0.25, -0.2) is 4.39 Å². The van der Waals surface area contributed by atoms with Crippen LogP contribution in [0, 0.1) is 19.7 Å². The number of hydrogen-bond acceptors (Lipinski definition) is 1. The molecule has 0 spiro atoms. The molecular formula is C16H18FN. The van der Waals surface area contributed by atoms with Crippen LogP contribution >= 0.6 is 0 Å². The average molecular weight is 243 g/mol. The fourth-order valence-corrected chi connectivity index (χ4v) is 2.11. The van der Waals surface area contributed by atoms with Gasteiger partial charge in [0, 0.05) is 6.54 Å². The summed E-state index contributed by atoms with van der Waals surface area (Å²) in [7, 11) is 1.93. The summed E-state index contributed by atoms with van der Waals surface area (Å²) in [5.74, 6) is -0.150. The van der Waals surface area contributed by atoms with Crippen molar-refractivity contribution in [1.82, 2.24) is 5.32 Å². The molecule has 0 aliphatic heterocycles. The third-order valence-corrected chi connectivity index (χ3v) is 3.15. The summed E-state index contributed by atoms with van der Waals surface area (Å²) in [6.45, 7) is 4.72. The fraction of sp³-hybridized carbons (Fsp3) is 0.250. The maximum Gasteiger partial charge on any atom is 0.126 e. The largest absolute Gasteiger partial charge is 0.316 e. The molecule has 0 heterocycles. The predicted octanol–water partition coefficient (Wildman–Crippen LogP) is 3.83. The lowest BCUT2D eigenvalue weighted by Crippen LogP contribution is -2.05. The number of aryl methyl sites for hydroxylation is 2. The van der Waals surface area contributed by atoms with Gasteiger partial charge in [0.2, 0.25) is 0 Å². The highest BCUT2D eigenvalue weighted by atomic mass is 19.1. The van der Waals surface area contributed by atoms with E-state index in [9.17, 15) is 4.39 Å². The highest BCUT2D eigenvalue weighted by molar-refractivity contribution is 5.68. The van der Waals surface area contributed by atoms with Crippen LogP contribution in [0.2, 0.25) is 0 Å². The first-order valence-corrected chi connectivity index (χ1v) is 6.12. The Morgan fingerprint density at radius 3 is 2.44 bits per heavy atom. The summed E-state index contributed by atoms with van der Waals surface area (Å²) in [5.41, 5.74) is 5.38. The summed E-state index contributed by atoms with van der Waals surface area (Å²) in [4.78, 5) is 0. The van der Waals surface area contributed by atoms with Crippen molar-refractivity contribution in [3.05, 3.63) is 58.9 Å². The molecule has 0 bridgehead atoms. The van der Waals surface area contributed by atoms with Crippen LogP contribution < -0.4 is 5.32 Å². The number of halogens is 1. The molecule has 2 rings (SSSR count). The minimum Gasteiger partial charge on any atom is -0.316 e. The van der Waals surface area contributed by atoms with Crippen molar-refractivity contribution in [2.75, 3.05) is 7.05 Å². The summed E-state index contributed by atoms with van der Waals surface area (Å²) in [6.07, 6.45) is 0. The third-order valence-electron chi connectivity index (χ3n) is 3.15. The topological polar surface area (TPSA) is 12.0 Å². The second-order valence-corrected chi connectivity index (χ2v) is 4.64. The molecule has 94 valence electrons. The maximum absolute atomic E-state index is 13.3. The number of benzene rings is 2. The van der Waals surface area contributed by atoms with Crippen LogP contribution in [0.25, 0.3) is 11.1 Å². The summed E-state index contributed by atoms with van der Waals surface area (Å²) < 4.78 is 13.3. The van der Waals surface area contributed by atoms with Gasteiger partial charge < -0.3 is 5.32 Å². The first-order chi connectivity index (χ1) is 8.61. The highest BCUT2D eigenvalue weighted by Crippen LogP contribution is 2.26. The quantitative estimate of drug-likeness (QED) is 0.864. The second kappa shape index (κ2) is 5.32. The van der Waals surface area contributed by atoms with Gasteiger partial charge in [0.15, 0.2) is 0 Å². The molecule has 0 aromatic heterocycles. The molecule has 1 nitrogen and oxygen atoms in total. The summed E-state index contributed by atoms with van der Waals surface area (Å²) >= 11 is 0. The Hall–Kier alpha value is -1.67. The second-order valence-electron chi connectivity index (χ2n) is 4.64. The van der Waals surface area contributed by atoms with Gasteiger partial charge in [0.05, 0.1) is 0 Å². The molecule has 2 heteroatoms. The van der Waals surface area contributed by atoms with Gasteiger partial charge in [-0.1, -0.05) is 18.2 Å². The van der Waals surface area contributed by atoms with Gasteiger partial charge in [0.1, 0.15) is 5.82 Å². The molecule has 0 fully saturated rings. The van der Waals surface area contributed by atoms with Crippen molar-refractivity contribution in [3.63, 3.8) is 0 Å². The van der Waals surface area contributed by atoms with E-state index in [-0.39, 0.29) is 5.82 Å². The van der Waals surface area contributed by atoms with E-state index in [1.807, 2.05) is 19.2 Å². The van der Waals surface area contributed by atoms with E-state index in [0.29, 0.717) is 5.56 Å². The summed E-state index contributed by atoms with van der Waals surface area (Å²) in [5, 5.41) is 3.14. The van der Waals surface area contributed by atoms with Gasteiger partial charge in [-0.2, -0.15) is 0 Å². The SMILES string of the molecule is CNCc1ccc(C)c(-c2ccc(F)c(C)c2)c1. The Labute approximate surface area is 108 Å².